The van der Waals surface area contributed by atoms with Crippen LogP contribution in [0.2, 0.25) is 0 Å². The molecule has 0 atom stereocenters. The molecule has 0 saturated heterocycles. The van der Waals surface area contributed by atoms with E-state index in [9.17, 15) is 0 Å². The second-order valence-electron chi connectivity index (χ2n) is 12.5. The molecule has 49 heavy (non-hydrogen) atoms. The maximum Gasteiger partial charge on any atom is 0.0540 e. The van der Waals surface area contributed by atoms with E-state index in [-0.39, 0.29) is 0 Å². The van der Waals surface area contributed by atoms with Gasteiger partial charge < -0.3 is 4.90 Å². The molecule has 0 aliphatic heterocycles. The highest BCUT2D eigenvalue weighted by molar-refractivity contribution is 6.09. The summed E-state index contributed by atoms with van der Waals surface area (Å²) in [6, 6.07) is 72.5. The van der Waals surface area contributed by atoms with E-state index in [1.807, 2.05) is 0 Å². The van der Waals surface area contributed by atoms with Gasteiger partial charge in [-0.25, -0.2) is 0 Å². The average Bonchev–Trinajstić information content (AvgIpc) is 3.18. The van der Waals surface area contributed by atoms with Crippen LogP contribution in [0.15, 0.2) is 200 Å². The molecule has 0 saturated carbocycles. The summed E-state index contributed by atoms with van der Waals surface area (Å²) in [5.41, 5.74) is 10.6. The Bertz CT molecular complexity index is 2610. The molecule has 0 radical (unpaired) electrons. The number of nitrogens with zero attached hydrogens (tertiary/aromatic N) is 1. The second-order valence-corrected chi connectivity index (χ2v) is 12.5. The van der Waals surface area contributed by atoms with Crippen molar-refractivity contribution in [1.82, 2.24) is 0 Å². The Balaban J connectivity index is 1.30. The first kappa shape index (κ1) is 28.8. The minimum absolute atomic E-state index is 1.11. The van der Waals surface area contributed by atoms with Crippen LogP contribution >= 0.6 is 0 Å². The Hall–Kier alpha value is -6.44. The van der Waals surface area contributed by atoms with Crippen LogP contribution in [0.3, 0.4) is 0 Å². The molecule has 0 aliphatic carbocycles. The lowest BCUT2D eigenvalue weighted by Crippen LogP contribution is -2.11. The maximum atomic E-state index is 2.43. The van der Waals surface area contributed by atoms with Gasteiger partial charge >= 0.3 is 0 Å². The second kappa shape index (κ2) is 12.3. The zero-order chi connectivity index (χ0) is 32.6. The number of benzene rings is 9. The molecule has 0 aromatic heterocycles. The first-order valence-corrected chi connectivity index (χ1v) is 16.9. The van der Waals surface area contributed by atoms with Crippen molar-refractivity contribution in [1.29, 1.82) is 0 Å². The molecule has 0 unspecified atom stereocenters. The van der Waals surface area contributed by atoms with E-state index < -0.39 is 0 Å². The van der Waals surface area contributed by atoms with E-state index >= 15 is 0 Å². The summed E-state index contributed by atoms with van der Waals surface area (Å²) in [4.78, 5) is 2.43. The van der Waals surface area contributed by atoms with E-state index in [1.54, 1.807) is 0 Å². The predicted octanol–water partition coefficient (Wildman–Crippen LogP) is 13.6. The highest BCUT2D eigenvalue weighted by Crippen LogP contribution is 2.45. The summed E-state index contributed by atoms with van der Waals surface area (Å²) >= 11 is 0. The fourth-order valence-corrected chi connectivity index (χ4v) is 7.35. The smallest absolute Gasteiger partial charge is 0.0540 e. The molecule has 9 aromatic carbocycles. The highest BCUT2D eigenvalue weighted by atomic mass is 15.1. The fraction of sp³-hybridized carbons (Fsp3) is 0. The minimum atomic E-state index is 1.11. The SMILES string of the molecule is c1ccc(-c2cccc3cccc(-c4ccccc4N(c4cccc(-c5cccc6ccccc56)c4)c4ccc5ccccc5c4)c23)cc1. The van der Waals surface area contributed by atoms with Gasteiger partial charge in [0.2, 0.25) is 0 Å². The summed E-state index contributed by atoms with van der Waals surface area (Å²) in [6.07, 6.45) is 0. The summed E-state index contributed by atoms with van der Waals surface area (Å²) in [7, 11) is 0. The molecule has 1 heteroatoms. The third-order valence-corrected chi connectivity index (χ3v) is 9.62. The van der Waals surface area contributed by atoms with E-state index in [0.29, 0.717) is 0 Å². The van der Waals surface area contributed by atoms with Crippen molar-refractivity contribution in [3.8, 4) is 33.4 Å². The Kier molecular flexibility index (Phi) is 7.22. The molecule has 9 aromatic rings. The van der Waals surface area contributed by atoms with Gasteiger partial charge in [-0.3, -0.25) is 0 Å². The number of hydrogen-bond donors (Lipinski definition) is 0. The standard InChI is InChI=1S/C48H33N/c1-2-15-36(16-3-1)44-27-12-20-37-21-13-28-46(48(37)44)45-25-8-9-29-47(45)49(41-31-30-34-14-4-5-18-38(34)32-41)40-23-10-22-39(33-40)43-26-11-19-35-17-6-7-24-42(35)43/h1-33H. The molecule has 0 bridgehead atoms. The molecular weight excluding hydrogens is 591 g/mol. The molecule has 1 nitrogen and oxygen atoms in total. The van der Waals surface area contributed by atoms with Gasteiger partial charge in [0.1, 0.15) is 0 Å². The van der Waals surface area contributed by atoms with Crippen LogP contribution < -0.4 is 4.90 Å². The third-order valence-electron chi connectivity index (χ3n) is 9.62. The lowest BCUT2D eigenvalue weighted by molar-refractivity contribution is 1.29. The van der Waals surface area contributed by atoms with Gasteiger partial charge in [0, 0.05) is 16.9 Å². The van der Waals surface area contributed by atoms with Crippen molar-refractivity contribution in [3.05, 3.63) is 200 Å². The lowest BCUT2D eigenvalue weighted by Gasteiger charge is -2.29. The predicted molar refractivity (Wildman–Crippen MR) is 210 cm³/mol. The quantitative estimate of drug-likeness (QED) is 0.178. The van der Waals surface area contributed by atoms with Crippen molar-refractivity contribution in [2.24, 2.45) is 0 Å². The van der Waals surface area contributed by atoms with E-state index in [2.05, 4.69) is 205 Å². The molecule has 9 rings (SSSR count). The molecule has 0 aliphatic rings. The van der Waals surface area contributed by atoms with Crippen molar-refractivity contribution >= 4 is 49.4 Å². The van der Waals surface area contributed by atoms with Crippen molar-refractivity contribution in [2.45, 2.75) is 0 Å². The number of hydrogen-bond acceptors (Lipinski definition) is 1. The van der Waals surface area contributed by atoms with Gasteiger partial charge in [-0.2, -0.15) is 0 Å². The van der Waals surface area contributed by atoms with E-state index in [1.165, 1.54) is 65.7 Å². The first-order valence-electron chi connectivity index (χ1n) is 16.9. The zero-order valence-corrected chi connectivity index (χ0v) is 27.0. The van der Waals surface area contributed by atoms with Gasteiger partial charge in [-0.05, 0) is 90.5 Å². The van der Waals surface area contributed by atoms with Crippen LogP contribution in [0, 0.1) is 0 Å². The number of rotatable bonds is 6. The van der Waals surface area contributed by atoms with Crippen molar-refractivity contribution in [2.75, 3.05) is 4.90 Å². The molecule has 0 spiro atoms. The maximum absolute atomic E-state index is 2.43. The van der Waals surface area contributed by atoms with Gasteiger partial charge in [-0.1, -0.05) is 170 Å². The summed E-state index contributed by atoms with van der Waals surface area (Å²) < 4.78 is 0. The number of anilines is 3. The largest absolute Gasteiger partial charge is 0.310 e. The van der Waals surface area contributed by atoms with Crippen LogP contribution in [0.1, 0.15) is 0 Å². The highest BCUT2D eigenvalue weighted by Gasteiger charge is 2.20. The van der Waals surface area contributed by atoms with Crippen molar-refractivity contribution < 1.29 is 0 Å². The molecule has 0 fully saturated rings. The fourth-order valence-electron chi connectivity index (χ4n) is 7.35. The summed E-state index contributed by atoms with van der Waals surface area (Å²) in [6.45, 7) is 0. The minimum Gasteiger partial charge on any atom is -0.310 e. The van der Waals surface area contributed by atoms with Crippen LogP contribution in [0.5, 0.6) is 0 Å². The Morgan fingerprint density at radius 1 is 0.286 bits per heavy atom. The van der Waals surface area contributed by atoms with E-state index in [4.69, 9.17) is 0 Å². The van der Waals surface area contributed by atoms with Crippen LogP contribution in [0.25, 0.3) is 65.7 Å². The van der Waals surface area contributed by atoms with Crippen LogP contribution in [-0.4, -0.2) is 0 Å². The first-order chi connectivity index (χ1) is 24.3. The number of fused-ring (bicyclic) bond motifs is 3. The van der Waals surface area contributed by atoms with Gasteiger partial charge in [0.05, 0.1) is 5.69 Å². The van der Waals surface area contributed by atoms with Crippen molar-refractivity contribution in [3.63, 3.8) is 0 Å². The van der Waals surface area contributed by atoms with Gasteiger partial charge in [0.25, 0.3) is 0 Å². The molecule has 0 heterocycles. The average molecular weight is 624 g/mol. The van der Waals surface area contributed by atoms with Crippen LogP contribution in [-0.2, 0) is 0 Å². The Morgan fingerprint density at radius 2 is 0.857 bits per heavy atom. The summed E-state index contributed by atoms with van der Waals surface area (Å²) in [5.74, 6) is 0. The number of para-hydroxylation sites is 1. The normalized spacial score (nSPS) is 11.3. The third kappa shape index (κ3) is 5.23. The molecule has 0 N–H and O–H groups in total. The molecular formula is C48H33N. The van der Waals surface area contributed by atoms with Gasteiger partial charge in [0.15, 0.2) is 0 Å². The van der Waals surface area contributed by atoms with E-state index in [0.717, 1.165) is 17.1 Å². The summed E-state index contributed by atoms with van der Waals surface area (Å²) in [5, 5.41) is 7.42. The Labute approximate surface area is 287 Å². The molecule has 0 amide bonds. The zero-order valence-electron chi connectivity index (χ0n) is 27.0. The Morgan fingerprint density at radius 3 is 1.71 bits per heavy atom. The van der Waals surface area contributed by atoms with Crippen LogP contribution in [0.4, 0.5) is 17.1 Å². The monoisotopic (exact) mass is 623 g/mol. The topological polar surface area (TPSA) is 3.24 Å². The molecule has 230 valence electrons. The lowest BCUT2D eigenvalue weighted by atomic mass is 9.90. The van der Waals surface area contributed by atoms with Gasteiger partial charge in [-0.15, -0.1) is 0 Å².